The zero-order valence-corrected chi connectivity index (χ0v) is 17.5. The van der Waals surface area contributed by atoms with E-state index in [0.717, 1.165) is 36.2 Å². The normalized spacial score (nSPS) is 46.7. The van der Waals surface area contributed by atoms with Crippen LogP contribution in [0.1, 0.15) is 77.2 Å². The molecule has 7 atom stereocenters. The molecule has 5 rings (SSSR count). The van der Waals surface area contributed by atoms with Crippen LogP contribution in [0.3, 0.4) is 0 Å². The third-order valence-corrected chi connectivity index (χ3v) is 9.67. The zero-order chi connectivity index (χ0) is 19.5. The second kappa shape index (κ2) is 6.69. The lowest BCUT2D eigenvalue weighted by molar-refractivity contribution is -0.119. The summed E-state index contributed by atoms with van der Waals surface area (Å²) in [7, 11) is 0. The molecule has 0 aliphatic heterocycles. The minimum atomic E-state index is -0.347. The van der Waals surface area contributed by atoms with E-state index < -0.39 is 0 Å². The van der Waals surface area contributed by atoms with Crippen molar-refractivity contribution >= 4 is 6.08 Å². The van der Waals surface area contributed by atoms with Crippen molar-refractivity contribution in [2.45, 2.75) is 77.7 Å². The summed E-state index contributed by atoms with van der Waals surface area (Å²) in [5.74, 6) is 2.96. The smallest absolute Gasteiger partial charge is 0.123 e. The Hall–Kier alpha value is -1.15. The van der Waals surface area contributed by atoms with Gasteiger partial charge in [-0.05, 0) is 97.3 Å². The maximum absolute atomic E-state index is 13.3. The molecule has 1 N–H and O–H groups in total. The Kier molecular flexibility index (Phi) is 4.50. The first-order chi connectivity index (χ1) is 13.4. The summed E-state index contributed by atoms with van der Waals surface area (Å²) in [5.41, 5.74) is 2.75. The SMILES string of the molecule is C[C@]12CCCC[C@@H]1CC[C@@H]1[C@@H]2CC[C@]2(C)[C@H](O)/C(=C/c3ccc(F)cc3)C[C@@H]12. The number of hydrogen-bond donors (Lipinski definition) is 1. The Balaban J connectivity index is 1.45. The second-order valence-corrected chi connectivity index (χ2v) is 10.8. The van der Waals surface area contributed by atoms with Gasteiger partial charge < -0.3 is 5.11 Å². The molecule has 0 heterocycles. The molecule has 0 saturated heterocycles. The van der Waals surface area contributed by atoms with Crippen molar-refractivity contribution in [3.63, 3.8) is 0 Å². The molecule has 4 aliphatic carbocycles. The first kappa shape index (κ1) is 18.9. The lowest BCUT2D eigenvalue weighted by Crippen LogP contribution is -2.53. The van der Waals surface area contributed by atoms with Crippen molar-refractivity contribution in [2.24, 2.45) is 34.5 Å². The van der Waals surface area contributed by atoms with Crippen LogP contribution < -0.4 is 0 Å². The van der Waals surface area contributed by atoms with Crippen LogP contribution in [0.4, 0.5) is 4.39 Å². The van der Waals surface area contributed by atoms with E-state index in [1.807, 2.05) is 12.1 Å². The standard InChI is InChI=1S/C26H35FO/c1-25-13-4-3-5-19(25)8-11-21-22(25)12-14-26(2)23(21)16-18(24(26)28)15-17-6-9-20(27)10-7-17/h6-7,9-10,15,19,21-24,28H,3-5,8,11-14,16H2,1-2H3/b18-15+/t19-,21-,22+,23+,24-,25+,26+/m1/s1. The molecule has 0 amide bonds. The van der Waals surface area contributed by atoms with E-state index in [0.29, 0.717) is 11.3 Å². The molecule has 4 aliphatic rings. The third-order valence-electron chi connectivity index (χ3n) is 9.67. The average molecular weight is 383 g/mol. The van der Waals surface area contributed by atoms with Crippen molar-refractivity contribution in [3.05, 3.63) is 41.2 Å². The zero-order valence-electron chi connectivity index (χ0n) is 17.5. The summed E-state index contributed by atoms with van der Waals surface area (Å²) < 4.78 is 13.3. The molecule has 4 saturated carbocycles. The molecule has 0 spiro atoms. The Morgan fingerprint density at radius 2 is 1.71 bits per heavy atom. The highest BCUT2D eigenvalue weighted by atomic mass is 19.1. The number of hydrogen-bond acceptors (Lipinski definition) is 1. The third kappa shape index (κ3) is 2.74. The summed E-state index contributed by atoms with van der Waals surface area (Å²) >= 11 is 0. The topological polar surface area (TPSA) is 20.2 Å². The van der Waals surface area contributed by atoms with Crippen LogP contribution in [-0.4, -0.2) is 11.2 Å². The Morgan fingerprint density at radius 3 is 2.50 bits per heavy atom. The maximum Gasteiger partial charge on any atom is 0.123 e. The molecular formula is C26H35FO. The highest BCUT2D eigenvalue weighted by molar-refractivity contribution is 5.55. The lowest BCUT2D eigenvalue weighted by atomic mass is 9.45. The summed E-state index contributed by atoms with van der Waals surface area (Å²) in [6.45, 7) is 4.95. The first-order valence-electron chi connectivity index (χ1n) is 11.6. The molecule has 28 heavy (non-hydrogen) atoms. The minimum absolute atomic E-state index is 0.0187. The number of rotatable bonds is 1. The van der Waals surface area contributed by atoms with Crippen LogP contribution in [0, 0.1) is 40.3 Å². The van der Waals surface area contributed by atoms with Gasteiger partial charge in [0.05, 0.1) is 6.10 Å². The predicted molar refractivity (Wildman–Crippen MR) is 112 cm³/mol. The highest BCUT2D eigenvalue weighted by Gasteiger charge is 2.60. The van der Waals surface area contributed by atoms with Crippen molar-refractivity contribution in [2.75, 3.05) is 0 Å². The Labute approximate surface area is 169 Å². The molecule has 0 radical (unpaired) electrons. The highest BCUT2D eigenvalue weighted by Crippen LogP contribution is 2.67. The largest absolute Gasteiger partial charge is 0.388 e. The van der Waals surface area contributed by atoms with Gasteiger partial charge >= 0.3 is 0 Å². The van der Waals surface area contributed by atoms with E-state index in [4.69, 9.17) is 0 Å². The fraction of sp³-hybridized carbons (Fsp3) is 0.692. The van der Waals surface area contributed by atoms with Gasteiger partial charge in [0.2, 0.25) is 0 Å². The number of benzene rings is 1. The van der Waals surface area contributed by atoms with Crippen molar-refractivity contribution < 1.29 is 9.50 Å². The number of fused-ring (bicyclic) bond motifs is 5. The van der Waals surface area contributed by atoms with Gasteiger partial charge in [0.1, 0.15) is 5.82 Å². The summed E-state index contributed by atoms with van der Waals surface area (Å²) in [6.07, 6.45) is 13.7. The van der Waals surface area contributed by atoms with E-state index in [-0.39, 0.29) is 17.3 Å². The van der Waals surface area contributed by atoms with Crippen LogP contribution >= 0.6 is 0 Å². The van der Waals surface area contributed by atoms with Crippen LogP contribution in [0.15, 0.2) is 29.8 Å². The predicted octanol–water partition coefficient (Wildman–Crippen LogP) is 6.61. The van der Waals surface area contributed by atoms with Gasteiger partial charge in [-0.25, -0.2) is 4.39 Å². The van der Waals surface area contributed by atoms with Crippen LogP contribution in [0.2, 0.25) is 0 Å². The van der Waals surface area contributed by atoms with Gasteiger partial charge in [-0.3, -0.25) is 0 Å². The molecule has 0 bridgehead atoms. The molecule has 0 aromatic heterocycles. The van der Waals surface area contributed by atoms with E-state index in [2.05, 4.69) is 19.9 Å². The van der Waals surface area contributed by atoms with E-state index >= 15 is 0 Å². The number of halogens is 1. The monoisotopic (exact) mass is 382 g/mol. The van der Waals surface area contributed by atoms with Gasteiger partial charge in [-0.15, -0.1) is 0 Å². The second-order valence-electron chi connectivity index (χ2n) is 10.8. The summed E-state index contributed by atoms with van der Waals surface area (Å²) in [4.78, 5) is 0. The molecule has 2 heteroatoms. The molecule has 0 unspecified atom stereocenters. The van der Waals surface area contributed by atoms with Crippen LogP contribution in [0.25, 0.3) is 6.08 Å². The van der Waals surface area contributed by atoms with E-state index in [1.165, 1.54) is 62.7 Å². The fourth-order valence-electron chi connectivity index (χ4n) is 8.07. The van der Waals surface area contributed by atoms with Gasteiger partial charge in [-0.2, -0.15) is 0 Å². The van der Waals surface area contributed by atoms with E-state index in [1.54, 1.807) is 0 Å². The molecule has 152 valence electrons. The fourth-order valence-corrected chi connectivity index (χ4v) is 8.07. The van der Waals surface area contributed by atoms with Crippen molar-refractivity contribution in [1.29, 1.82) is 0 Å². The Bertz CT molecular complexity index is 767. The molecule has 4 fully saturated rings. The van der Waals surface area contributed by atoms with Gasteiger partial charge in [0, 0.05) is 5.41 Å². The van der Waals surface area contributed by atoms with Gasteiger partial charge in [0.25, 0.3) is 0 Å². The quantitative estimate of drug-likeness (QED) is 0.579. The average Bonchev–Trinajstić information content (AvgIpc) is 2.94. The lowest BCUT2D eigenvalue weighted by Gasteiger charge is -2.60. The van der Waals surface area contributed by atoms with Gasteiger partial charge in [0.15, 0.2) is 0 Å². The molecule has 1 aromatic carbocycles. The molecule has 1 aromatic rings. The number of aliphatic hydroxyl groups excluding tert-OH is 1. The van der Waals surface area contributed by atoms with Crippen molar-refractivity contribution in [1.82, 2.24) is 0 Å². The van der Waals surface area contributed by atoms with Crippen LogP contribution in [0.5, 0.6) is 0 Å². The summed E-state index contributed by atoms with van der Waals surface area (Å²) in [6, 6.07) is 6.69. The van der Waals surface area contributed by atoms with E-state index in [9.17, 15) is 9.50 Å². The maximum atomic E-state index is 13.3. The first-order valence-corrected chi connectivity index (χ1v) is 11.6. The van der Waals surface area contributed by atoms with Crippen LogP contribution in [-0.2, 0) is 0 Å². The van der Waals surface area contributed by atoms with Gasteiger partial charge in [-0.1, -0.05) is 44.9 Å². The number of aliphatic hydroxyl groups is 1. The Morgan fingerprint density at radius 1 is 0.929 bits per heavy atom. The molecule has 1 nitrogen and oxygen atoms in total. The minimum Gasteiger partial charge on any atom is -0.388 e. The van der Waals surface area contributed by atoms with Crippen molar-refractivity contribution in [3.8, 4) is 0 Å². The molecular weight excluding hydrogens is 347 g/mol. The summed E-state index contributed by atoms with van der Waals surface area (Å²) in [5, 5.41) is 11.3.